The fraction of sp³-hybridized carbons (Fsp3) is 0.500. The Hall–Kier alpha value is -1.04. The number of aromatic nitrogens is 2. The molecule has 0 atom stereocenters. The van der Waals surface area contributed by atoms with Gasteiger partial charge < -0.3 is 5.73 Å². The number of nitrogens with zero attached hydrogens (tertiary/aromatic N) is 2. The van der Waals surface area contributed by atoms with Crippen molar-refractivity contribution in [3.8, 4) is 0 Å². The molecule has 68 valence electrons. The van der Waals surface area contributed by atoms with Crippen LogP contribution in [-0.4, -0.2) is 23.4 Å². The van der Waals surface area contributed by atoms with Gasteiger partial charge in [0.25, 0.3) is 10.0 Å². The molecular weight excluding hydrogens is 178 g/mol. The minimum absolute atomic E-state index is 0.0228. The van der Waals surface area contributed by atoms with E-state index in [0.29, 0.717) is 11.4 Å². The molecular formula is C6H11N3O2S. The summed E-state index contributed by atoms with van der Waals surface area (Å²) in [5, 5.41) is 3.66. The molecule has 1 aromatic heterocycles. The van der Waals surface area contributed by atoms with Crippen LogP contribution in [0.3, 0.4) is 0 Å². The van der Waals surface area contributed by atoms with E-state index >= 15 is 0 Å². The molecule has 0 bridgehead atoms. The molecule has 0 amide bonds. The fourth-order valence-electron chi connectivity index (χ4n) is 0.808. The van der Waals surface area contributed by atoms with Gasteiger partial charge in [0.15, 0.2) is 0 Å². The average molecular weight is 189 g/mol. The molecule has 5 nitrogen and oxygen atoms in total. The van der Waals surface area contributed by atoms with Crippen molar-refractivity contribution >= 4 is 15.7 Å². The maximum atomic E-state index is 11.3. The molecule has 2 N–H and O–H groups in total. The van der Waals surface area contributed by atoms with Gasteiger partial charge in [0.05, 0.1) is 23.3 Å². The molecule has 0 saturated carbocycles. The molecule has 0 aliphatic rings. The monoisotopic (exact) mass is 189 g/mol. The Bertz CT molecular complexity index is 379. The minimum atomic E-state index is -3.28. The molecule has 12 heavy (non-hydrogen) atoms. The van der Waals surface area contributed by atoms with Crippen LogP contribution in [0.15, 0.2) is 6.20 Å². The quantitative estimate of drug-likeness (QED) is 0.708. The van der Waals surface area contributed by atoms with Crippen molar-refractivity contribution < 1.29 is 8.42 Å². The highest BCUT2D eigenvalue weighted by molar-refractivity contribution is 7.89. The number of rotatable bonds is 2. The Kier molecular flexibility index (Phi) is 2.10. The highest BCUT2D eigenvalue weighted by Gasteiger charge is 2.14. The first kappa shape index (κ1) is 9.05. The van der Waals surface area contributed by atoms with E-state index in [-0.39, 0.29) is 5.75 Å². The van der Waals surface area contributed by atoms with Crippen LogP contribution in [0.4, 0.5) is 5.69 Å². The Balaban J connectivity index is 3.30. The van der Waals surface area contributed by atoms with Gasteiger partial charge in [-0.05, 0) is 13.8 Å². The van der Waals surface area contributed by atoms with Crippen LogP contribution in [0, 0.1) is 6.92 Å². The first-order chi connectivity index (χ1) is 5.49. The van der Waals surface area contributed by atoms with E-state index in [1.54, 1.807) is 13.8 Å². The van der Waals surface area contributed by atoms with Crippen molar-refractivity contribution in [3.63, 3.8) is 0 Å². The highest BCUT2D eigenvalue weighted by atomic mass is 32.2. The molecule has 0 radical (unpaired) electrons. The van der Waals surface area contributed by atoms with E-state index in [1.807, 2.05) is 0 Å². The van der Waals surface area contributed by atoms with Crippen molar-refractivity contribution in [2.24, 2.45) is 0 Å². The largest absolute Gasteiger partial charge is 0.396 e. The van der Waals surface area contributed by atoms with Gasteiger partial charge in [-0.15, -0.1) is 0 Å². The zero-order valence-electron chi connectivity index (χ0n) is 6.98. The van der Waals surface area contributed by atoms with E-state index in [4.69, 9.17) is 5.73 Å². The lowest BCUT2D eigenvalue weighted by Crippen LogP contribution is -2.17. The summed E-state index contributed by atoms with van der Waals surface area (Å²) in [6, 6.07) is 0. The van der Waals surface area contributed by atoms with Crippen molar-refractivity contribution in [3.05, 3.63) is 11.9 Å². The second kappa shape index (κ2) is 2.78. The smallest absolute Gasteiger partial charge is 0.253 e. The Labute approximate surface area is 71.2 Å². The molecule has 0 fully saturated rings. The van der Waals surface area contributed by atoms with Crippen LogP contribution < -0.4 is 5.73 Å². The average Bonchev–Trinajstić information content (AvgIpc) is 2.33. The zero-order valence-corrected chi connectivity index (χ0v) is 7.80. The number of hydrogen-bond acceptors (Lipinski definition) is 4. The van der Waals surface area contributed by atoms with Gasteiger partial charge in [-0.25, -0.2) is 8.42 Å². The molecule has 0 aliphatic heterocycles. The lowest BCUT2D eigenvalue weighted by atomic mass is 10.4. The second-order valence-electron chi connectivity index (χ2n) is 2.43. The van der Waals surface area contributed by atoms with Gasteiger partial charge in [-0.3, -0.25) is 0 Å². The van der Waals surface area contributed by atoms with Crippen LogP contribution in [0.5, 0.6) is 0 Å². The van der Waals surface area contributed by atoms with Crippen LogP contribution >= 0.6 is 0 Å². The summed E-state index contributed by atoms with van der Waals surface area (Å²) in [5.74, 6) is 0.0228. The number of anilines is 1. The van der Waals surface area contributed by atoms with Gasteiger partial charge in [0, 0.05) is 0 Å². The number of hydrogen-bond donors (Lipinski definition) is 1. The van der Waals surface area contributed by atoms with Gasteiger partial charge >= 0.3 is 0 Å². The third-order valence-electron chi connectivity index (χ3n) is 1.63. The summed E-state index contributed by atoms with van der Waals surface area (Å²) in [5.41, 5.74) is 6.31. The van der Waals surface area contributed by atoms with Crippen LogP contribution in [-0.2, 0) is 10.0 Å². The van der Waals surface area contributed by atoms with Crippen molar-refractivity contribution in [2.45, 2.75) is 13.8 Å². The van der Waals surface area contributed by atoms with E-state index in [2.05, 4.69) is 5.10 Å². The lowest BCUT2D eigenvalue weighted by Gasteiger charge is -2.02. The highest BCUT2D eigenvalue weighted by Crippen LogP contribution is 2.10. The Morgan fingerprint density at radius 2 is 2.25 bits per heavy atom. The number of nitrogen functional groups attached to an aromatic ring is 1. The predicted molar refractivity (Wildman–Crippen MR) is 46.2 cm³/mol. The molecule has 0 aliphatic carbocycles. The van der Waals surface area contributed by atoms with E-state index in [9.17, 15) is 8.42 Å². The molecule has 0 unspecified atom stereocenters. The maximum Gasteiger partial charge on any atom is 0.253 e. The van der Waals surface area contributed by atoms with Crippen molar-refractivity contribution in [2.75, 3.05) is 11.5 Å². The normalized spacial score (nSPS) is 11.8. The maximum absolute atomic E-state index is 11.3. The van der Waals surface area contributed by atoms with Crippen LogP contribution in [0.1, 0.15) is 12.6 Å². The van der Waals surface area contributed by atoms with Crippen molar-refractivity contribution in [1.29, 1.82) is 0 Å². The summed E-state index contributed by atoms with van der Waals surface area (Å²) in [6.45, 7) is 3.18. The molecule has 1 heterocycles. The fourth-order valence-corrected chi connectivity index (χ4v) is 1.77. The van der Waals surface area contributed by atoms with E-state index in [0.717, 1.165) is 4.09 Å². The molecule has 1 rings (SSSR count). The first-order valence-electron chi connectivity index (χ1n) is 3.52. The topological polar surface area (TPSA) is 78.0 Å². The van der Waals surface area contributed by atoms with E-state index in [1.165, 1.54) is 6.20 Å². The van der Waals surface area contributed by atoms with Gasteiger partial charge in [0.1, 0.15) is 0 Å². The summed E-state index contributed by atoms with van der Waals surface area (Å²) < 4.78 is 23.5. The first-order valence-corrected chi connectivity index (χ1v) is 5.13. The van der Waals surface area contributed by atoms with Gasteiger partial charge in [-0.2, -0.15) is 9.19 Å². The van der Waals surface area contributed by atoms with Crippen molar-refractivity contribution in [1.82, 2.24) is 9.19 Å². The van der Waals surface area contributed by atoms with Crippen LogP contribution in [0.2, 0.25) is 0 Å². The molecule has 1 aromatic rings. The van der Waals surface area contributed by atoms with Gasteiger partial charge in [0.2, 0.25) is 0 Å². The summed E-state index contributed by atoms with van der Waals surface area (Å²) in [6.07, 6.45) is 1.34. The predicted octanol–water partition coefficient (Wildman–Crippen LogP) is -0.0285. The Morgan fingerprint density at radius 3 is 2.58 bits per heavy atom. The molecule has 0 spiro atoms. The number of nitrogens with two attached hydrogens (primary N) is 1. The lowest BCUT2D eigenvalue weighted by molar-refractivity contribution is 0.579. The molecule has 0 saturated heterocycles. The summed E-state index contributed by atoms with van der Waals surface area (Å²) in [7, 11) is -3.28. The van der Waals surface area contributed by atoms with Crippen LogP contribution in [0.25, 0.3) is 0 Å². The summed E-state index contributed by atoms with van der Waals surface area (Å²) in [4.78, 5) is 0. The van der Waals surface area contributed by atoms with Gasteiger partial charge in [-0.1, -0.05) is 0 Å². The third-order valence-corrected chi connectivity index (χ3v) is 3.26. The summed E-state index contributed by atoms with van der Waals surface area (Å²) >= 11 is 0. The molecule has 0 aromatic carbocycles. The standard InChI is InChI=1S/C6H11N3O2S/c1-3-12(10,11)9-5(2)6(7)4-8-9/h4H,3,7H2,1-2H3. The second-order valence-corrected chi connectivity index (χ2v) is 4.52. The molecule has 6 heteroatoms. The zero-order chi connectivity index (χ0) is 9.35. The van der Waals surface area contributed by atoms with E-state index < -0.39 is 10.0 Å². The Morgan fingerprint density at radius 1 is 1.67 bits per heavy atom. The minimum Gasteiger partial charge on any atom is -0.396 e. The SMILES string of the molecule is CCS(=O)(=O)n1ncc(N)c1C. The third kappa shape index (κ3) is 1.29.